The van der Waals surface area contributed by atoms with Gasteiger partial charge in [0, 0.05) is 0 Å². The van der Waals surface area contributed by atoms with Crippen molar-refractivity contribution in [3.8, 4) is 0 Å². The maximum absolute atomic E-state index is 11.4. The van der Waals surface area contributed by atoms with Crippen LogP contribution in [0.2, 0.25) is 0 Å². The minimum atomic E-state index is -1.61. The number of carbonyl (C=O) groups is 1. The van der Waals surface area contributed by atoms with Crippen LogP contribution < -0.4 is 29.7 Å². The summed E-state index contributed by atoms with van der Waals surface area (Å²) in [5.41, 5.74) is 5.42. The van der Waals surface area contributed by atoms with E-state index >= 15 is 0 Å². The fourth-order valence-corrected chi connectivity index (χ4v) is 1.80. The number of rotatable bonds is 3. The third-order valence-electron chi connectivity index (χ3n) is 2.78. The molecule has 0 saturated carbocycles. The van der Waals surface area contributed by atoms with E-state index in [9.17, 15) is 9.90 Å². The van der Waals surface area contributed by atoms with Crippen molar-refractivity contribution in [2.45, 2.75) is 5.54 Å². The molecule has 4 heteroatoms. The maximum Gasteiger partial charge on any atom is 1.00 e. The number of benzene rings is 2. The van der Waals surface area contributed by atoms with Crippen LogP contribution in [0.5, 0.6) is 0 Å². The molecule has 0 spiro atoms. The predicted octanol–water partition coefficient (Wildman–Crippen LogP) is -2.36. The van der Waals surface area contributed by atoms with Crippen molar-refractivity contribution in [2.75, 3.05) is 0 Å². The average molecular weight is 233 g/mol. The van der Waals surface area contributed by atoms with Gasteiger partial charge < -0.3 is 15.6 Å². The van der Waals surface area contributed by atoms with E-state index in [0.29, 0.717) is 11.1 Å². The Morgan fingerprint density at radius 3 is 1.50 bits per heavy atom. The molecule has 2 aromatic carbocycles. The SMILES string of the molecule is NC(C(=O)[O-])(c1ccccc1)c1ccccc1.[Li+]. The van der Waals surface area contributed by atoms with Gasteiger partial charge in [0.05, 0.1) is 5.97 Å². The molecule has 2 rings (SSSR count). The average Bonchev–Trinajstić information content (AvgIpc) is 2.39. The Morgan fingerprint density at radius 1 is 0.889 bits per heavy atom. The summed E-state index contributed by atoms with van der Waals surface area (Å²) in [6, 6.07) is 17.4. The first-order valence-corrected chi connectivity index (χ1v) is 5.27. The first kappa shape index (κ1) is 14.5. The van der Waals surface area contributed by atoms with E-state index in [1.165, 1.54) is 0 Å². The molecule has 2 N–H and O–H groups in total. The molecule has 0 aliphatic heterocycles. The van der Waals surface area contributed by atoms with Gasteiger partial charge in [0.15, 0.2) is 0 Å². The van der Waals surface area contributed by atoms with Crippen molar-refractivity contribution in [2.24, 2.45) is 5.73 Å². The van der Waals surface area contributed by atoms with Gasteiger partial charge in [-0.05, 0) is 11.1 Å². The Labute approximate surface area is 118 Å². The maximum atomic E-state index is 11.4. The number of carboxylic acids is 1. The van der Waals surface area contributed by atoms with E-state index in [-0.39, 0.29) is 18.9 Å². The zero-order valence-electron chi connectivity index (χ0n) is 10.2. The number of nitrogens with two attached hydrogens (primary N) is 1. The number of carboxylic acid groups (broad SMARTS) is 1. The third-order valence-corrected chi connectivity index (χ3v) is 2.78. The van der Waals surface area contributed by atoms with Crippen LogP contribution in [0.15, 0.2) is 60.7 Å². The summed E-state index contributed by atoms with van der Waals surface area (Å²) in [5.74, 6) is -1.31. The smallest absolute Gasteiger partial charge is 0.547 e. The van der Waals surface area contributed by atoms with Crippen LogP contribution in [0.3, 0.4) is 0 Å². The van der Waals surface area contributed by atoms with Crippen molar-refractivity contribution < 1.29 is 28.8 Å². The van der Waals surface area contributed by atoms with Crippen LogP contribution in [-0.2, 0) is 10.3 Å². The van der Waals surface area contributed by atoms with Gasteiger partial charge in [-0.15, -0.1) is 0 Å². The Balaban J connectivity index is 0.00000162. The third kappa shape index (κ3) is 2.49. The standard InChI is InChI=1S/C14H13NO2.Li/c15-14(13(16)17,11-7-3-1-4-8-11)12-9-5-2-6-10-12;/h1-10H,15H2,(H,16,17);/q;+1/p-1. The minimum absolute atomic E-state index is 0. The van der Waals surface area contributed by atoms with E-state index in [1.54, 1.807) is 48.5 Å². The van der Waals surface area contributed by atoms with Gasteiger partial charge in [-0.2, -0.15) is 0 Å². The van der Waals surface area contributed by atoms with Gasteiger partial charge in [-0.3, -0.25) is 0 Å². The van der Waals surface area contributed by atoms with Crippen LogP contribution in [-0.4, -0.2) is 5.97 Å². The van der Waals surface area contributed by atoms with E-state index < -0.39 is 11.5 Å². The monoisotopic (exact) mass is 233 g/mol. The van der Waals surface area contributed by atoms with Gasteiger partial charge in [0.2, 0.25) is 0 Å². The quantitative estimate of drug-likeness (QED) is 0.603. The summed E-state index contributed by atoms with van der Waals surface area (Å²) in [4.78, 5) is 11.4. The summed E-state index contributed by atoms with van der Waals surface area (Å²) in [6.45, 7) is 0. The molecule has 86 valence electrons. The molecule has 0 radical (unpaired) electrons. The van der Waals surface area contributed by atoms with Crippen molar-refractivity contribution in [3.63, 3.8) is 0 Å². The molecule has 2 aromatic rings. The number of carbonyl (C=O) groups excluding carboxylic acids is 1. The van der Waals surface area contributed by atoms with Crippen LogP contribution >= 0.6 is 0 Å². The molecule has 0 aliphatic carbocycles. The Kier molecular flexibility index (Phi) is 4.74. The molecule has 3 nitrogen and oxygen atoms in total. The Morgan fingerprint density at radius 2 is 1.22 bits per heavy atom. The van der Waals surface area contributed by atoms with Crippen molar-refractivity contribution in [3.05, 3.63) is 71.8 Å². The Bertz CT molecular complexity index is 474. The summed E-state index contributed by atoms with van der Waals surface area (Å²) < 4.78 is 0. The van der Waals surface area contributed by atoms with E-state index in [1.807, 2.05) is 12.1 Å². The summed E-state index contributed by atoms with van der Waals surface area (Å²) in [6.07, 6.45) is 0. The molecule has 0 atom stereocenters. The zero-order chi connectivity index (χ0) is 12.3. The van der Waals surface area contributed by atoms with Gasteiger partial charge >= 0.3 is 18.9 Å². The minimum Gasteiger partial charge on any atom is -0.547 e. The zero-order valence-corrected chi connectivity index (χ0v) is 10.2. The molecule has 0 bridgehead atoms. The molecule has 0 fully saturated rings. The second kappa shape index (κ2) is 5.88. The summed E-state index contributed by atoms with van der Waals surface area (Å²) >= 11 is 0. The fourth-order valence-electron chi connectivity index (χ4n) is 1.80. The van der Waals surface area contributed by atoms with E-state index in [0.717, 1.165) is 0 Å². The second-order valence-corrected chi connectivity index (χ2v) is 3.83. The van der Waals surface area contributed by atoms with Crippen LogP contribution in [0.1, 0.15) is 11.1 Å². The van der Waals surface area contributed by atoms with Crippen molar-refractivity contribution in [1.29, 1.82) is 0 Å². The van der Waals surface area contributed by atoms with E-state index in [4.69, 9.17) is 5.73 Å². The molecule has 18 heavy (non-hydrogen) atoms. The predicted molar refractivity (Wildman–Crippen MR) is 62.9 cm³/mol. The van der Waals surface area contributed by atoms with Crippen LogP contribution in [0, 0.1) is 0 Å². The van der Waals surface area contributed by atoms with E-state index in [2.05, 4.69) is 0 Å². The molecular weight excluding hydrogens is 221 g/mol. The number of hydrogen-bond donors (Lipinski definition) is 1. The first-order valence-electron chi connectivity index (χ1n) is 5.27. The number of hydrogen-bond acceptors (Lipinski definition) is 3. The molecule has 0 unspecified atom stereocenters. The number of aliphatic carboxylic acids is 1. The molecule has 0 saturated heterocycles. The fraction of sp³-hybridized carbons (Fsp3) is 0.0714. The van der Waals surface area contributed by atoms with Gasteiger partial charge in [0.25, 0.3) is 0 Å². The van der Waals surface area contributed by atoms with Gasteiger partial charge in [-0.25, -0.2) is 0 Å². The van der Waals surface area contributed by atoms with Crippen molar-refractivity contribution in [1.82, 2.24) is 0 Å². The summed E-state index contributed by atoms with van der Waals surface area (Å²) in [5, 5.41) is 11.4. The first-order chi connectivity index (χ1) is 8.15. The Hall–Kier alpha value is -1.53. The van der Waals surface area contributed by atoms with Crippen LogP contribution in [0.25, 0.3) is 0 Å². The molecule has 0 heterocycles. The molecule has 0 amide bonds. The molecule has 0 aromatic heterocycles. The molecule has 0 aliphatic rings. The topological polar surface area (TPSA) is 66.2 Å². The summed E-state index contributed by atoms with van der Waals surface area (Å²) in [7, 11) is 0. The second-order valence-electron chi connectivity index (χ2n) is 3.83. The van der Waals surface area contributed by atoms with Crippen molar-refractivity contribution >= 4 is 5.97 Å². The largest absolute Gasteiger partial charge is 1.00 e. The van der Waals surface area contributed by atoms with Gasteiger partial charge in [0.1, 0.15) is 5.54 Å². The van der Waals surface area contributed by atoms with Gasteiger partial charge in [-0.1, -0.05) is 60.7 Å². The normalized spacial score (nSPS) is 10.5. The molecular formula is C14H12LiNO2. The van der Waals surface area contributed by atoms with Crippen LogP contribution in [0.4, 0.5) is 0 Å².